The summed E-state index contributed by atoms with van der Waals surface area (Å²) in [5.74, 6) is 1.03. The number of hydrogen-bond donors (Lipinski definition) is 0. The van der Waals surface area contributed by atoms with Crippen molar-refractivity contribution in [2.24, 2.45) is 5.92 Å². The Bertz CT molecular complexity index is 960. The van der Waals surface area contributed by atoms with Crippen LogP contribution in [0.5, 0.6) is 0 Å². The zero-order valence-electron chi connectivity index (χ0n) is 17.4. The first kappa shape index (κ1) is 18.2. The number of fused-ring (bicyclic) bond motifs is 5. The van der Waals surface area contributed by atoms with Crippen molar-refractivity contribution in [2.75, 3.05) is 6.61 Å². The molecule has 0 spiro atoms. The van der Waals surface area contributed by atoms with Gasteiger partial charge in [-0.15, -0.1) is 0 Å². The number of carbonyl (C=O) groups excluding carboxylic acids is 1. The van der Waals surface area contributed by atoms with Gasteiger partial charge < -0.3 is 4.74 Å². The molecule has 2 unspecified atom stereocenters. The average Bonchev–Trinajstić information content (AvgIpc) is 3.21. The summed E-state index contributed by atoms with van der Waals surface area (Å²) in [4.78, 5) is 15.1. The zero-order valence-corrected chi connectivity index (χ0v) is 17.4. The fraction of sp³-hybridized carbons (Fsp3) is 0.444. The molecule has 3 nitrogen and oxygen atoms in total. The van der Waals surface area contributed by atoms with E-state index in [1.807, 2.05) is 4.90 Å². The van der Waals surface area contributed by atoms with Gasteiger partial charge in [-0.3, -0.25) is 4.90 Å². The highest BCUT2D eigenvalue weighted by Gasteiger charge is 2.41. The molecule has 2 heterocycles. The first-order valence-corrected chi connectivity index (χ1v) is 11.6. The van der Waals surface area contributed by atoms with Crippen LogP contribution in [0.1, 0.15) is 62.0 Å². The summed E-state index contributed by atoms with van der Waals surface area (Å²) in [6.45, 7) is 0.418. The van der Waals surface area contributed by atoms with Crippen LogP contribution in [0.15, 0.2) is 60.2 Å². The third kappa shape index (κ3) is 2.98. The number of benzene rings is 2. The maximum absolute atomic E-state index is 13.1. The summed E-state index contributed by atoms with van der Waals surface area (Å²) in [5.41, 5.74) is 6.69. The normalized spacial score (nSPS) is 24.8. The van der Waals surface area contributed by atoms with Crippen LogP contribution < -0.4 is 0 Å². The van der Waals surface area contributed by atoms with Gasteiger partial charge in [0.25, 0.3) is 0 Å². The minimum atomic E-state index is -0.122. The van der Waals surface area contributed by atoms with Crippen molar-refractivity contribution in [3.8, 4) is 11.1 Å². The molecule has 30 heavy (non-hydrogen) atoms. The topological polar surface area (TPSA) is 29.5 Å². The third-order valence-corrected chi connectivity index (χ3v) is 7.79. The maximum Gasteiger partial charge on any atom is 0.410 e. The molecule has 2 atom stereocenters. The molecule has 6 rings (SSSR count). The van der Waals surface area contributed by atoms with Crippen molar-refractivity contribution < 1.29 is 9.53 Å². The van der Waals surface area contributed by atoms with Crippen LogP contribution in [-0.2, 0) is 4.74 Å². The van der Waals surface area contributed by atoms with Crippen LogP contribution in [0.4, 0.5) is 4.79 Å². The summed E-state index contributed by atoms with van der Waals surface area (Å²) in [6, 6.07) is 17.6. The summed E-state index contributed by atoms with van der Waals surface area (Å²) in [7, 11) is 0. The van der Waals surface area contributed by atoms with E-state index >= 15 is 0 Å². The second kappa shape index (κ2) is 7.30. The highest BCUT2D eigenvalue weighted by atomic mass is 16.6. The lowest BCUT2D eigenvalue weighted by molar-refractivity contribution is 0.0845. The van der Waals surface area contributed by atoms with Crippen LogP contribution in [-0.4, -0.2) is 29.7 Å². The van der Waals surface area contributed by atoms with Crippen molar-refractivity contribution in [1.29, 1.82) is 0 Å². The predicted molar refractivity (Wildman–Crippen MR) is 118 cm³/mol. The molecule has 3 heteroatoms. The monoisotopic (exact) mass is 399 g/mol. The highest BCUT2D eigenvalue weighted by Crippen LogP contribution is 2.45. The molecule has 2 aliphatic carbocycles. The largest absolute Gasteiger partial charge is 0.448 e. The van der Waals surface area contributed by atoms with Gasteiger partial charge in [0.1, 0.15) is 6.61 Å². The molecular weight excluding hydrogens is 370 g/mol. The van der Waals surface area contributed by atoms with Gasteiger partial charge in [0, 0.05) is 12.0 Å². The standard InChI is InChI=1S/C27H29NO2/c29-27(28-20-12-13-21(28)16-19(15-20)14-18-6-5-7-18)30-17-26-24-10-3-1-8-22(24)23-9-2-4-11-25(23)26/h1-4,8-11,15,18,20-21,26H,5-7,12-14,16-17H2. The van der Waals surface area contributed by atoms with Gasteiger partial charge in [0.2, 0.25) is 0 Å². The molecular formula is C27H29NO2. The predicted octanol–water partition coefficient (Wildman–Crippen LogP) is 6.29. The van der Waals surface area contributed by atoms with Crippen LogP contribution in [0.2, 0.25) is 0 Å². The van der Waals surface area contributed by atoms with Crippen molar-refractivity contribution in [3.63, 3.8) is 0 Å². The quantitative estimate of drug-likeness (QED) is 0.566. The molecule has 2 bridgehead atoms. The average molecular weight is 400 g/mol. The highest BCUT2D eigenvalue weighted by molar-refractivity contribution is 5.79. The van der Waals surface area contributed by atoms with E-state index in [0.717, 1.165) is 25.2 Å². The lowest BCUT2D eigenvalue weighted by Crippen LogP contribution is -2.44. The minimum Gasteiger partial charge on any atom is -0.448 e. The van der Waals surface area contributed by atoms with Gasteiger partial charge in [-0.05, 0) is 53.9 Å². The Balaban J connectivity index is 1.17. The number of nitrogens with zero attached hydrogens (tertiary/aromatic N) is 1. The molecule has 1 amide bonds. The Morgan fingerprint density at radius 3 is 2.27 bits per heavy atom. The molecule has 2 aliphatic heterocycles. The smallest absolute Gasteiger partial charge is 0.410 e. The van der Waals surface area contributed by atoms with Crippen LogP contribution in [0.3, 0.4) is 0 Å². The van der Waals surface area contributed by atoms with Gasteiger partial charge in [0.05, 0.1) is 6.04 Å². The van der Waals surface area contributed by atoms with Gasteiger partial charge in [0.15, 0.2) is 0 Å². The molecule has 2 aromatic rings. The lowest BCUT2D eigenvalue weighted by atomic mass is 9.79. The number of rotatable bonds is 4. The van der Waals surface area contributed by atoms with Gasteiger partial charge >= 0.3 is 6.09 Å². The molecule has 1 saturated carbocycles. The molecule has 2 fully saturated rings. The van der Waals surface area contributed by atoms with Crippen LogP contribution in [0, 0.1) is 5.92 Å². The van der Waals surface area contributed by atoms with Crippen LogP contribution in [0.25, 0.3) is 11.1 Å². The van der Waals surface area contributed by atoms with Gasteiger partial charge in [-0.25, -0.2) is 4.79 Å². The maximum atomic E-state index is 13.1. The zero-order chi connectivity index (χ0) is 20.1. The molecule has 0 aromatic heterocycles. The van der Waals surface area contributed by atoms with Gasteiger partial charge in [-0.1, -0.05) is 79.4 Å². The fourth-order valence-electron chi connectivity index (χ4n) is 6.09. The Labute approximate surface area is 178 Å². The van der Waals surface area contributed by atoms with Crippen LogP contribution >= 0.6 is 0 Å². The van der Waals surface area contributed by atoms with Crippen molar-refractivity contribution in [2.45, 2.75) is 62.9 Å². The third-order valence-electron chi connectivity index (χ3n) is 7.79. The van der Waals surface area contributed by atoms with E-state index in [1.54, 1.807) is 5.57 Å². The Morgan fingerprint density at radius 1 is 0.933 bits per heavy atom. The first-order valence-electron chi connectivity index (χ1n) is 11.6. The van der Waals surface area contributed by atoms with Crippen molar-refractivity contribution in [3.05, 3.63) is 71.3 Å². The van der Waals surface area contributed by atoms with E-state index in [1.165, 1.54) is 47.9 Å². The van der Waals surface area contributed by atoms with Crippen molar-refractivity contribution >= 4 is 6.09 Å². The number of ether oxygens (including phenoxy) is 1. The summed E-state index contributed by atoms with van der Waals surface area (Å²) in [6.07, 6.45) is 11.0. The van der Waals surface area contributed by atoms with E-state index in [-0.39, 0.29) is 18.1 Å². The number of amides is 1. The second-order valence-electron chi connectivity index (χ2n) is 9.54. The van der Waals surface area contributed by atoms with Gasteiger partial charge in [-0.2, -0.15) is 0 Å². The molecule has 0 radical (unpaired) electrons. The number of hydrogen-bond acceptors (Lipinski definition) is 2. The molecule has 4 aliphatic rings. The lowest BCUT2D eigenvalue weighted by Gasteiger charge is -2.35. The van der Waals surface area contributed by atoms with E-state index in [2.05, 4.69) is 54.6 Å². The van der Waals surface area contributed by atoms with E-state index in [4.69, 9.17) is 4.74 Å². The molecule has 154 valence electrons. The SMILES string of the molecule is O=C(OCC1c2ccccc2-c2ccccc21)N1C2C=C(CC3CCC3)CC1CC2. The van der Waals surface area contributed by atoms with E-state index in [9.17, 15) is 4.79 Å². The number of carbonyl (C=O) groups is 1. The summed E-state index contributed by atoms with van der Waals surface area (Å²) < 4.78 is 5.97. The summed E-state index contributed by atoms with van der Waals surface area (Å²) >= 11 is 0. The molecule has 2 aromatic carbocycles. The minimum absolute atomic E-state index is 0.122. The van der Waals surface area contributed by atoms with Crippen molar-refractivity contribution in [1.82, 2.24) is 4.90 Å². The first-order chi connectivity index (χ1) is 14.8. The van der Waals surface area contributed by atoms with E-state index in [0.29, 0.717) is 12.6 Å². The van der Waals surface area contributed by atoms with E-state index < -0.39 is 0 Å². The Morgan fingerprint density at radius 2 is 1.63 bits per heavy atom. The second-order valence-corrected chi connectivity index (χ2v) is 9.54. The summed E-state index contributed by atoms with van der Waals surface area (Å²) in [5, 5.41) is 0. The Hall–Kier alpha value is -2.55. The molecule has 0 N–H and O–H groups in total. The molecule has 1 saturated heterocycles. The fourth-order valence-corrected chi connectivity index (χ4v) is 6.09. The Kier molecular flexibility index (Phi) is 4.44.